The van der Waals surface area contributed by atoms with Crippen molar-refractivity contribution in [1.29, 1.82) is 0 Å². The first-order chi connectivity index (χ1) is 17.0. The van der Waals surface area contributed by atoms with Crippen molar-refractivity contribution < 1.29 is 41.4 Å². The maximum atomic E-state index is 14.1. The van der Waals surface area contributed by atoms with E-state index >= 15 is 0 Å². The van der Waals surface area contributed by atoms with Gasteiger partial charge in [-0.25, -0.2) is 9.18 Å². The van der Waals surface area contributed by atoms with Crippen molar-refractivity contribution in [2.75, 3.05) is 6.61 Å². The van der Waals surface area contributed by atoms with Gasteiger partial charge in [0, 0.05) is 11.1 Å². The molecule has 1 saturated heterocycles. The number of furan rings is 1. The molecule has 3 atom stereocenters. The van der Waals surface area contributed by atoms with E-state index in [4.69, 9.17) is 9.15 Å². The predicted molar refractivity (Wildman–Crippen MR) is 120 cm³/mol. The SMILES string of the molecule is CCCOc1ccc(C(=O)[C@@H]2[C@@H](c3ccc(-c4cccc(F)c4)o3)NC(=O)N[C@]2(O)C(F)(F)F)cc1. The molecule has 0 aliphatic carbocycles. The molecule has 4 rings (SSSR count). The molecule has 3 aromatic rings. The van der Waals surface area contributed by atoms with E-state index in [1.165, 1.54) is 59.9 Å². The Labute approximate surface area is 203 Å². The summed E-state index contributed by atoms with van der Waals surface area (Å²) in [7, 11) is 0. The van der Waals surface area contributed by atoms with Gasteiger partial charge >= 0.3 is 12.2 Å². The second kappa shape index (κ2) is 9.65. The van der Waals surface area contributed by atoms with E-state index in [-0.39, 0.29) is 22.6 Å². The number of Topliss-reactive ketones (excluding diaryl/α,β-unsaturated/α-hetero) is 1. The second-order valence-electron chi connectivity index (χ2n) is 8.27. The topological polar surface area (TPSA) is 101 Å². The van der Waals surface area contributed by atoms with Gasteiger partial charge in [-0.05, 0) is 55.0 Å². The maximum absolute atomic E-state index is 14.1. The number of hydrogen-bond donors (Lipinski definition) is 3. The molecule has 2 amide bonds. The largest absolute Gasteiger partial charge is 0.494 e. The summed E-state index contributed by atoms with van der Waals surface area (Å²) < 4.78 is 67.0. The summed E-state index contributed by atoms with van der Waals surface area (Å²) >= 11 is 0. The lowest BCUT2D eigenvalue weighted by Gasteiger charge is -2.44. The van der Waals surface area contributed by atoms with Crippen LogP contribution < -0.4 is 15.4 Å². The van der Waals surface area contributed by atoms with E-state index in [1.807, 2.05) is 6.92 Å². The highest BCUT2D eigenvalue weighted by atomic mass is 19.4. The van der Waals surface area contributed by atoms with E-state index in [0.29, 0.717) is 12.4 Å². The highest BCUT2D eigenvalue weighted by Crippen LogP contribution is 2.44. The Morgan fingerprint density at radius 3 is 2.50 bits per heavy atom. The van der Waals surface area contributed by atoms with Crippen LogP contribution in [0.3, 0.4) is 0 Å². The summed E-state index contributed by atoms with van der Waals surface area (Å²) in [5, 5.41) is 14.4. The Bertz CT molecular complexity index is 1260. The lowest BCUT2D eigenvalue weighted by atomic mass is 9.79. The number of urea groups is 1. The zero-order valence-electron chi connectivity index (χ0n) is 18.9. The van der Waals surface area contributed by atoms with Gasteiger partial charge in [-0.15, -0.1) is 0 Å². The van der Waals surface area contributed by atoms with Gasteiger partial charge in [0.2, 0.25) is 5.72 Å². The van der Waals surface area contributed by atoms with Gasteiger partial charge < -0.3 is 24.9 Å². The van der Waals surface area contributed by atoms with Gasteiger partial charge in [0.05, 0.1) is 6.61 Å². The molecule has 7 nitrogen and oxygen atoms in total. The van der Waals surface area contributed by atoms with Crippen molar-refractivity contribution in [2.24, 2.45) is 5.92 Å². The Hall–Kier alpha value is -3.86. The molecule has 0 radical (unpaired) electrons. The molecular weight excluding hydrogens is 484 g/mol. The normalized spacial score (nSPS) is 22.0. The average Bonchev–Trinajstić information content (AvgIpc) is 3.32. The van der Waals surface area contributed by atoms with E-state index in [1.54, 1.807) is 0 Å². The Morgan fingerprint density at radius 2 is 1.86 bits per heavy atom. The molecule has 11 heteroatoms. The van der Waals surface area contributed by atoms with Gasteiger partial charge in [-0.2, -0.15) is 13.2 Å². The maximum Gasteiger partial charge on any atom is 0.437 e. The molecule has 1 aliphatic heterocycles. The van der Waals surface area contributed by atoms with E-state index < -0.39 is 41.5 Å². The van der Waals surface area contributed by atoms with E-state index in [0.717, 1.165) is 12.5 Å². The van der Waals surface area contributed by atoms with E-state index in [2.05, 4.69) is 5.32 Å². The van der Waals surface area contributed by atoms with Crippen LogP contribution in [0, 0.1) is 11.7 Å². The van der Waals surface area contributed by atoms with Crippen molar-refractivity contribution in [1.82, 2.24) is 10.6 Å². The number of aliphatic hydroxyl groups is 1. The van der Waals surface area contributed by atoms with Gasteiger partial charge in [-0.3, -0.25) is 4.79 Å². The summed E-state index contributed by atoms with van der Waals surface area (Å²) in [6.07, 6.45) is -4.68. The molecule has 3 N–H and O–H groups in total. The number of amides is 2. The highest BCUT2D eigenvalue weighted by Gasteiger charge is 2.66. The molecule has 2 aromatic carbocycles. The van der Waals surface area contributed by atoms with Crippen LogP contribution in [0.2, 0.25) is 0 Å². The smallest absolute Gasteiger partial charge is 0.437 e. The Kier molecular flexibility index (Phi) is 6.77. The summed E-state index contributed by atoms with van der Waals surface area (Å²) in [5.74, 6) is -3.64. The van der Waals surface area contributed by atoms with Crippen LogP contribution in [0.15, 0.2) is 65.1 Å². The number of rotatable bonds is 7. The van der Waals surface area contributed by atoms with Crippen LogP contribution in [-0.2, 0) is 0 Å². The number of alkyl halides is 3. The molecule has 2 heterocycles. The zero-order chi connectivity index (χ0) is 26.1. The quantitative estimate of drug-likeness (QED) is 0.310. The third kappa shape index (κ3) is 4.78. The first-order valence-corrected chi connectivity index (χ1v) is 11.0. The Morgan fingerprint density at radius 1 is 1.14 bits per heavy atom. The van der Waals surface area contributed by atoms with Crippen LogP contribution in [0.4, 0.5) is 22.4 Å². The van der Waals surface area contributed by atoms with Crippen molar-refractivity contribution in [3.63, 3.8) is 0 Å². The number of carbonyl (C=O) groups is 2. The minimum absolute atomic E-state index is 0.0939. The summed E-state index contributed by atoms with van der Waals surface area (Å²) in [4.78, 5) is 25.6. The average molecular weight is 506 g/mol. The first kappa shape index (κ1) is 25.2. The van der Waals surface area contributed by atoms with Crippen molar-refractivity contribution in [2.45, 2.75) is 31.3 Å². The molecule has 190 valence electrons. The number of ether oxygens (including phenoxy) is 1. The number of nitrogens with one attached hydrogen (secondary N) is 2. The summed E-state index contributed by atoms with van der Waals surface area (Å²) in [6.45, 7) is 2.31. The lowest BCUT2D eigenvalue weighted by molar-refractivity contribution is -0.288. The lowest BCUT2D eigenvalue weighted by Crippen LogP contribution is -2.72. The van der Waals surface area contributed by atoms with Crippen molar-refractivity contribution in [3.8, 4) is 17.1 Å². The minimum Gasteiger partial charge on any atom is -0.494 e. The third-order valence-corrected chi connectivity index (χ3v) is 5.74. The van der Waals surface area contributed by atoms with Crippen LogP contribution >= 0.6 is 0 Å². The van der Waals surface area contributed by atoms with Crippen LogP contribution in [-0.4, -0.2) is 35.4 Å². The minimum atomic E-state index is -5.41. The van der Waals surface area contributed by atoms with Gasteiger partial charge in [-0.1, -0.05) is 19.1 Å². The molecule has 0 unspecified atom stereocenters. The number of carbonyl (C=O) groups excluding carboxylic acids is 2. The number of hydrogen-bond acceptors (Lipinski definition) is 5. The van der Waals surface area contributed by atoms with E-state index in [9.17, 15) is 32.3 Å². The van der Waals surface area contributed by atoms with Crippen LogP contribution in [0.25, 0.3) is 11.3 Å². The number of ketones is 1. The predicted octanol–water partition coefficient (Wildman–Crippen LogP) is 4.98. The van der Waals surface area contributed by atoms with Crippen LogP contribution in [0.1, 0.15) is 35.5 Å². The molecule has 1 aliphatic rings. The second-order valence-corrected chi connectivity index (χ2v) is 8.27. The van der Waals surface area contributed by atoms with Crippen molar-refractivity contribution >= 4 is 11.8 Å². The molecule has 1 aromatic heterocycles. The zero-order valence-corrected chi connectivity index (χ0v) is 18.9. The molecule has 0 bridgehead atoms. The standard InChI is InChI=1S/C25H22F4N2O5/c1-2-12-35-17-8-6-14(7-9-17)22(32)20-21(30-23(33)31-24(20,34)25(27,28)29)19-11-10-18(36-19)15-4-3-5-16(26)13-15/h3-11,13,20-21,34H,2,12H2,1H3,(H2,30,31,33)/t20-,21+,24+/m0/s1. The monoisotopic (exact) mass is 506 g/mol. The van der Waals surface area contributed by atoms with Gasteiger partial charge in [0.15, 0.2) is 5.78 Å². The van der Waals surface area contributed by atoms with Crippen LogP contribution in [0.5, 0.6) is 5.75 Å². The fourth-order valence-electron chi connectivity index (χ4n) is 4.01. The summed E-state index contributed by atoms with van der Waals surface area (Å²) in [5.41, 5.74) is -3.76. The highest BCUT2D eigenvalue weighted by molar-refractivity contribution is 6.00. The molecule has 0 spiro atoms. The van der Waals surface area contributed by atoms with Crippen molar-refractivity contribution in [3.05, 3.63) is 77.8 Å². The summed E-state index contributed by atoms with van der Waals surface area (Å²) in [6, 6.07) is 10.3. The van der Waals surface area contributed by atoms with Gasteiger partial charge in [0.25, 0.3) is 0 Å². The number of halogens is 4. The fraction of sp³-hybridized carbons (Fsp3) is 0.280. The third-order valence-electron chi connectivity index (χ3n) is 5.74. The fourth-order valence-corrected chi connectivity index (χ4v) is 4.01. The molecule has 0 saturated carbocycles. The first-order valence-electron chi connectivity index (χ1n) is 11.0. The van der Waals surface area contributed by atoms with Gasteiger partial charge in [0.1, 0.15) is 35.0 Å². The number of benzene rings is 2. The molecule has 1 fully saturated rings. The molecule has 36 heavy (non-hydrogen) atoms. The molecular formula is C25H22F4N2O5. The Balaban J connectivity index is 1.75.